The first-order valence-electron chi connectivity index (χ1n) is 8.30. The number of carbonyl (C=O) groups is 1. The number of likely N-dealkylation sites (tertiary alicyclic amines) is 1. The third kappa shape index (κ3) is 4.02. The van der Waals surface area contributed by atoms with Gasteiger partial charge in [0.05, 0.1) is 19.1 Å². The molecule has 25 heavy (non-hydrogen) atoms. The summed E-state index contributed by atoms with van der Waals surface area (Å²) in [5.74, 6) is -0.281. The Balaban J connectivity index is 2.05. The molecule has 3 rings (SSSR count). The molecule has 0 aliphatic carbocycles. The van der Waals surface area contributed by atoms with Crippen LogP contribution in [-0.2, 0) is 4.79 Å². The van der Waals surface area contributed by atoms with E-state index in [9.17, 15) is 9.90 Å². The number of rotatable bonds is 5. The van der Waals surface area contributed by atoms with Crippen molar-refractivity contribution in [2.45, 2.75) is 18.9 Å². The van der Waals surface area contributed by atoms with Crippen molar-refractivity contribution in [3.63, 3.8) is 0 Å². The van der Waals surface area contributed by atoms with E-state index in [0.29, 0.717) is 6.54 Å². The van der Waals surface area contributed by atoms with Crippen LogP contribution < -0.4 is 4.74 Å². The molecular weight excluding hydrogens is 384 g/mol. The third-order valence-corrected chi connectivity index (χ3v) is 5.15. The van der Waals surface area contributed by atoms with Crippen molar-refractivity contribution in [3.05, 3.63) is 58.3 Å². The molecule has 1 aliphatic rings. The lowest BCUT2D eigenvalue weighted by Crippen LogP contribution is -2.41. The maximum Gasteiger partial charge on any atom is 0.307 e. The minimum Gasteiger partial charge on any atom is -0.496 e. The number of carboxylic acid groups (broad SMARTS) is 1. The van der Waals surface area contributed by atoms with E-state index in [1.807, 2.05) is 36.5 Å². The van der Waals surface area contributed by atoms with Gasteiger partial charge in [0.25, 0.3) is 0 Å². The van der Waals surface area contributed by atoms with Gasteiger partial charge in [0.1, 0.15) is 5.75 Å². The van der Waals surface area contributed by atoms with Crippen LogP contribution >= 0.6 is 15.9 Å². The van der Waals surface area contributed by atoms with Crippen molar-refractivity contribution in [1.29, 1.82) is 0 Å². The summed E-state index contributed by atoms with van der Waals surface area (Å²) in [6.45, 7) is 1.36. The van der Waals surface area contributed by atoms with Crippen molar-refractivity contribution in [2.75, 3.05) is 20.2 Å². The molecule has 1 aromatic heterocycles. The first kappa shape index (κ1) is 17.9. The van der Waals surface area contributed by atoms with Crippen molar-refractivity contribution in [2.24, 2.45) is 5.92 Å². The number of methoxy groups -OCH3 is 1. The van der Waals surface area contributed by atoms with Gasteiger partial charge >= 0.3 is 5.97 Å². The molecule has 1 aromatic carbocycles. The topological polar surface area (TPSA) is 62.7 Å². The highest BCUT2D eigenvalue weighted by molar-refractivity contribution is 9.10. The summed E-state index contributed by atoms with van der Waals surface area (Å²) in [4.78, 5) is 18.0. The van der Waals surface area contributed by atoms with Crippen LogP contribution in [0.5, 0.6) is 5.75 Å². The summed E-state index contributed by atoms with van der Waals surface area (Å²) >= 11 is 3.54. The van der Waals surface area contributed by atoms with Crippen molar-refractivity contribution < 1.29 is 14.6 Å². The average Bonchev–Trinajstić information content (AvgIpc) is 2.63. The zero-order valence-electron chi connectivity index (χ0n) is 14.1. The van der Waals surface area contributed by atoms with Gasteiger partial charge in [-0.1, -0.05) is 22.0 Å². The number of aromatic nitrogens is 1. The van der Waals surface area contributed by atoms with Crippen LogP contribution in [-0.4, -0.2) is 41.2 Å². The maximum absolute atomic E-state index is 11.5. The molecule has 6 heteroatoms. The van der Waals surface area contributed by atoms with Crippen LogP contribution in [0, 0.1) is 5.92 Å². The van der Waals surface area contributed by atoms with Gasteiger partial charge in [-0.25, -0.2) is 0 Å². The Morgan fingerprint density at radius 1 is 1.44 bits per heavy atom. The lowest BCUT2D eigenvalue weighted by Gasteiger charge is -2.38. The maximum atomic E-state index is 11.5. The van der Waals surface area contributed by atoms with Gasteiger partial charge in [-0.05, 0) is 49.2 Å². The number of aliphatic carboxylic acids is 1. The summed E-state index contributed by atoms with van der Waals surface area (Å²) in [7, 11) is 1.66. The van der Waals surface area contributed by atoms with Gasteiger partial charge in [-0.15, -0.1) is 0 Å². The second-order valence-electron chi connectivity index (χ2n) is 6.25. The van der Waals surface area contributed by atoms with Crippen LogP contribution in [0.1, 0.15) is 30.0 Å². The molecule has 0 bridgehead atoms. The van der Waals surface area contributed by atoms with Gasteiger partial charge in [-0.2, -0.15) is 0 Å². The predicted molar refractivity (Wildman–Crippen MR) is 98.7 cm³/mol. The molecule has 1 N–H and O–H groups in total. The molecule has 2 heterocycles. The second kappa shape index (κ2) is 7.97. The minimum atomic E-state index is -0.726. The van der Waals surface area contributed by atoms with Gasteiger partial charge in [0.2, 0.25) is 0 Å². The summed E-state index contributed by atoms with van der Waals surface area (Å²) in [5, 5.41) is 9.45. The number of pyridine rings is 1. The molecule has 0 spiro atoms. The monoisotopic (exact) mass is 404 g/mol. The van der Waals surface area contributed by atoms with Crippen molar-refractivity contribution in [3.8, 4) is 5.75 Å². The van der Waals surface area contributed by atoms with E-state index in [4.69, 9.17) is 4.74 Å². The Morgan fingerprint density at radius 3 is 2.96 bits per heavy atom. The predicted octanol–water partition coefficient (Wildman–Crippen LogP) is 3.74. The molecule has 1 aliphatic heterocycles. The third-order valence-electron chi connectivity index (χ3n) is 4.65. The van der Waals surface area contributed by atoms with E-state index in [1.165, 1.54) is 0 Å². The summed E-state index contributed by atoms with van der Waals surface area (Å²) in [5.41, 5.74) is 2.04. The number of hydrogen-bond acceptors (Lipinski definition) is 4. The van der Waals surface area contributed by atoms with Crippen LogP contribution in [0.4, 0.5) is 0 Å². The number of nitrogens with zero attached hydrogens (tertiary/aromatic N) is 2. The lowest BCUT2D eigenvalue weighted by molar-refractivity contribution is -0.143. The summed E-state index contributed by atoms with van der Waals surface area (Å²) < 4.78 is 6.55. The minimum absolute atomic E-state index is 0.0942. The zero-order chi connectivity index (χ0) is 17.8. The Labute approximate surface area is 155 Å². The van der Waals surface area contributed by atoms with Crippen LogP contribution in [0.2, 0.25) is 0 Å². The molecule has 5 nitrogen and oxygen atoms in total. The van der Waals surface area contributed by atoms with Gasteiger partial charge < -0.3 is 9.84 Å². The average molecular weight is 405 g/mol. The zero-order valence-corrected chi connectivity index (χ0v) is 15.6. The molecule has 1 saturated heterocycles. The number of piperidine rings is 1. The first-order valence-corrected chi connectivity index (χ1v) is 9.09. The molecule has 2 unspecified atom stereocenters. The Hall–Kier alpha value is -1.92. The van der Waals surface area contributed by atoms with E-state index >= 15 is 0 Å². The highest BCUT2D eigenvalue weighted by Gasteiger charge is 2.32. The number of hydrogen-bond donors (Lipinski definition) is 1. The number of carboxylic acids is 1. The molecular formula is C19H21BrN2O3. The normalized spacial score (nSPS) is 19.4. The number of benzene rings is 1. The van der Waals surface area contributed by atoms with E-state index < -0.39 is 5.97 Å². The van der Waals surface area contributed by atoms with Crippen molar-refractivity contribution in [1.82, 2.24) is 9.88 Å². The smallest absolute Gasteiger partial charge is 0.307 e. The van der Waals surface area contributed by atoms with E-state index in [0.717, 1.165) is 40.7 Å². The van der Waals surface area contributed by atoms with Gasteiger partial charge in [0.15, 0.2) is 0 Å². The standard InChI is InChI=1S/C19H21BrN2O3/c1-25-17-7-6-15(20)10-16(17)18(13-4-2-8-21-11-13)22-9-3-5-14(12-22)19(23)24/h2,4,6-8,10-11,14,18H,3,5,9,12H2,1H3,(H,23,24). The lowest BCUT2D eigenvalue weighted by atomic mass is 9.91. The van der Waals surface area contributed by atoms with Crippen LogP contribution in [0.15, 0.2) is 47.2 Å². The molecule has 1 fully saturated rings. The first-order chi connectivity index (χ1) is 12.1. The Bertz CT molecular complexity index is 739. The molecule has 0 amide bonds. The fraction of sp³-hybridized carbons (Fsp3) is 0.368. The molecule has 2 atom stereocenters. The Kier molecular flexibility index (Phi) is 5.71. The quantitative estimate of drug-likeness (QED) is 0.821. The molecule has 0 radical (unpaired) electrons. The van der Waals surface area contributed by atoms with E-state index in [-0.39, 0.29) is 12.0 Å². The van der Waals surface area contributed by atoms with Crippen LogP contribution in [0.25, 0.3) is 0 Å². The largest absolute Gasteiger partial charge is 0.496 e. The number of halogens is 1. The molecule has 2 aromatic rings. The van der Waals surface area contributed by atoms with E-state index in [1.54, 1.807) is 13.3 Å². The fourth-order valence-corrected chi connectivity index (χ4v) is 3.86. The van der Waals surface area contributed by atoms with Gasteiger partial charge in [0, 0.05) is 29.0 Å². The van der Waals surface area contributed by atoms with Gasteiger partial charge in [-0.3, -0.25) is 14.7 Å². The van der Waals surface area contributed by atoms with E-state index in [2.05, 4.69) is 25.8 Å². The second-order valence-corrected chi connectivity index (χ2v) is 7.16. The summed E-state index contributed by atoms with van der Waals surface area (Å²) in [6.07, 6.45) is 5.18. The van der Waals surface area contributed by atoms with Crippen molar-refractivity contribution >= 4 is 21.9 Å². The summed E-state index contributed by atoms with van der Waals surface area (Å²) in [6, 6.07) is 9.76. The Morgan fingerprint density at radius 2 is 2.28 bits per heavy atom. The van der Waals surface area contributed by atoms with Crippen LogP contribution in [0.3, 0.4) is 0 Å². The highest BCUT2D eigenvalue weighted by atomic mass is 79.9. The molecule has 0 saturated carbocycles. The highest BCUT2D eigenvalue weighted by Crippen LogP contribution is 2.38. The molecule has 132 valence electrons. The SMILES string of the molecule is COc1ccc(Br)cc1C(c1cccnc1)N1CCCC(C(=O)O)C1. The number of ether oxygens (including phenoxy) is 1. The fourth-order valence-electron chi connectivity index (χ4n) is 3.49.